The summed E-state index contributed by atoms with van der Waals surface area (Å²) in [7, 11) is 3.90. The second-order valence-electron chi connectivity index (χ2n) is 7.00. The normalized spacial score (nSPS) is 12.2. The quantitative estimate of drug-likeness (QED) is 0.288. The van der Waals surface area contributed by atoms with E-state index in [0.717, 1.165) is 44.7 Å². The van der Waals surface area contributed by atoms with E-state index in [1.54, 1.807) is 0 Å². The monoisotopic (exact) mass is 327 g/mol. The van der Waals surface area contributed by atoms with Crippen LogP contribution in [0.25, 0.3) is 0 Å². The minimum atomic E-state index is -0.374. The second kappa shape index (κ2) is 12.2. The Labute approximate surface area is 142 Å². The number of nitrogens with zero attached hydrogens (tertiary/aromatic N) is 2. The van der Waals surface area contributed by atoms with E-state index in [4.69, 9.17) is 4.74 Å². The van der Waals surface area contributed by atoms with Gasteiger partial charge in [0.05, 0.1) is 0 Å². The van der Waals surface area contributed by atoms with Crippen LogP contribution in [-0.2, 0) is 9.53 Å². The third kappa shape index (κ3) is 12.9. The van der Waals surface area contributed by atoms with Gasteiger partial charge in [0.1, 0.15) is 5.60 Å². The first-order chi connectivity index (χ1) is 10.8. The average molecular weight is 328 g/mol. The number of nitrogens with one attached hydrogen (secondary N) is 1. The van der Waals surface area contributed by atoms with Gasteiger partial charge in [-0.05, 0) is 40.0 Å². The molecule has 0 aliphatic heterocycles. The number of carbonyl (C=O) groups is 1. The number of rotatable bonds is 10. The number of unbranched alkanes of at least 4 members (excludes halogenated alkanes) is 4. The summed E-state index contributed by atoms with van der Waals surface area (Å²) in [5.74, 6) is 0.876. The van der Waals surface area contributed by atoms with E-state index in [9.17, 15) is 4.79 Å². The molecule has 0 aromatic heterocycles. The lowest BCUT2D eigenvalue weighted by molar-refractivity contribution is -0.154. The molecule has 0 atom stereocenters. The minimum Gasteiger partial charge on any atom is -0.460 e. The van der Waals surface area contributed by atoms with Crippen LogP contribution in [0.1, 0.15) is 72.6 Å². The van der Waals surface area contributed by atoms with E-state index in [2.05, 4.69) is 29.2 Å². The Morgan fingerprint density at radius 1 is 1.13 bits per heavy atom. The molecule has 23 heavy (non-hydrogen) atoms. The lowest BCUT2D eigenvalue weighted by Gasteiger charge is -2.21. The van der Waals surface area contributed by atoms with Crippen molar-refractivity contribution in [2.45, 2.75) is 78.2 Å². The number of carbonyl (C=O) groups excluding carboxylic acids is 1. The Kier molecular flexibility index (Phi) is 11.5. The molecule has 0 heterocycles. The third-order valence-corrected chi connectivity index (χ3v) is 3.43. The molecule has 0 aromatic rings. The molecule has 5 nitrogen and oxygen atoms in total. The van der Waals surface area contributed by atoms with Gasteiger partial charge in [0.15, 0.2) is 5.96 Å². The Morgan fingerprint density at radius 3 is 2.35 bits per heavy atom. The smallest absolute Gasteiger partial charge is 0.306 e. The highest BCUT2D eigenvalue weighted by atomic mass is 16.6. The van der Waals surface area contributed by atoms with Crippen molar-refractivity contribution in [3.05, 3.63) is 0 Å². The van der Waals surface area contributed by atoms with Crippen LogP contribution in [0.4, 0.5) is 0 Å². The van der Waals surface area contributed by atoms with E-state index < -0.39 is 0 Å². The summed E-state index contributed by atoms with van der Waals surface area (Å²) < 4.78 is 5.30. The fourth-order valence-corrected chi connectivity index (χ4v) is 2.23. The molecule has 0 aliphatic carbocycles. The molecule has 0 radical (unpaired) electrons. The number of hydrogen-bond acceptors (Lipinski definition) is 3. The SMILES string of the molecule is CCCCN(C)C(=NC)NCCCCCCC(=O)OC(C)(C)C. The van der Waals surface area contributed by atoms with Gasteiger partial charge < -0.3 is 15.0 Å². The molecule has 0 saturated heterocycles. The molecule has 5 heteroatoms. The van der Waals surface area contributed by atoms with E-state index in [1.807, 2.05) is 27.8 Å². The molecule has 0 amide bonds. The lowest BCUT2D eigenvalue weighted by atomic mass is 10.1. The molecular weight excluding hydrogens is 290 g/mol. The van der Waals surface area contributed by atoms with Crippen molar-refractivity contribution < 1.29 is 9.53 Å². The van der Waals surface area contributed by atoms with Crippen LogP contribution in [0, 0.1) is 0 Å². The molecule has 0 spiro atoms. The molecule has 0 unspecified atom stereocenters. The van der Waals surface area contributed by atoms with Crippen molar-refractivity contribution in [1.29, 1.82) is 0 Å². The molecule has 1 N–H and O–H groups in total. The lowest BCUT2D eigenvalue weighted by Crippen LogP contribution is -2.39. The van der Waals surface area contributed by atoms with Gasteiger partial charge in [-0.15, -0.1) is 0 Å². The molecular formula is C18H37N3O2. The summed E-state index contributed by atoms with van der Waals surface area (Å²) in [6.07, 6.45) is 7.07. The number of hydrogen-bond donors (Lipinski definition) is 1. The van der Waals surface area contributed by atoms with E-state index in [-0.39, 0.29) is 11.6 Å². The van der Waals surface area contributed by atoms with E-state index in [1.165, 1.54) is 12.8 Å². The van der Waals surface area contributed by atoms with Crippen LogP contribution in [-0.4, -0.2) is 49.6 Å². The fraction of sp³-hybridized carbons (Fsp3) is 0.889. The number of ether oxygens (including phenoxy) is 1. The first kappa shape index (κ1) is 21.7. The van der Waals surface area contributed by atoms with Crippen molar-refractivity contribution in [2.75, 3.05) is 27.2 Å². The van der Waals surface area contributed by atoms with Crippen LogP contribution in [0.15, 0.2) is 4.99 Å². The fourth-order valence-electron chi connectivity index (χ4n) is 2.23. The van der Waals surface area contributed by atoms with Gasteiger partial charge in [-0.25, -0.2) is 0 Å². The van der Waals surface area contributed by atoms with Gasteiger partial charge in [-0.2, -0.15) is 0 Å². The van der Waals surface area contributed by atoms with Gasteiger partial charge in [0, 0.05) is 33.6 Å². The van der Waals surface area contributed by atoms with E-state index in [0.29, 0.717) is 6.42 Å². The van der Waals surface area contributed by atoms with Crippen LogP contribution in [0.2, 0.25) is 0 Å². The summed E-state index contributed by atoms with van der Waals surface area (Å²) >= 11 is 0. The van der Waals surface area contributed by atoms with Gasteiger partial charge in [-0.1, -0.05) is 26.2 Å². The Morgan fingerprint density at radius 2 is 1.78 bits per heavy atom. The molecule has 0 rings (SSSR count). The number of aliphatic imine (C=N–C) groups is 1. The number of esters is 1. The van der Waals surface area contributed by atoms with Gasteiger partial charge >= 0.3 is 5.97 Å². The Hall–Kier alpha value is -1.26. The van der Waals surface area contributed by atoms with Crippen LogP contribution >= 0.6 is 0 Å². The summed E-state index contributed by atoms with van der Waals surface area (Å²) in [5, 5.41) is 3.39. The third-order valence-electron chi connectivity index (χ3n) is 3.43. The van der Waals surface area contributed by atoms with Crippen molar-refractivity contribution in [3.8, 4) is 0 Å². The standard InChI is InChI=1S/C18H37N3O2/c1-7-8-15-21(6)17(19-5)20-14-12-10-9-11-13-16(22)23-18(2,3)4/h7-15H2,1-6H3,(H,19,20). The average Bonchev–Trinajstić information content (AvgIpc) is 2.45. The first-order valence-corrected chi connectivity index (χ1v) is 8.93. The maximum absolute atomic E-state index is 11.6. The summed E-state index contributed by atoms with van der Waals surface area (Å²) in [6, 6.07) is 0. The molecule has 0 bridgehead atoms. The summed E-state index contributed by atoms with van der Waals surface area (Å²) in [4.78, 5) is 18.1. The van der Waals surface area contributed by atoms with Crippen molar-refractivity contribution in [3.63, 3.8) is 0 Å². The highest BCUT2D eigenvalue weighted by Crippen LogP contribution is 2.11. The minimum absolute atomic E-state index is 0.0893. The zero-order valence-electron chi connectivity index (χ0n) is 16.1. The first-order valence-electron chi connectivity index (χ1n) is 8.93. The zero-order chi connectivity index (χ0) is 17.7. The number of guanidine groups is 1. The zero-order valence-corrected chi connectivity index (χ0v) is 16.1. The maximum Gasteiger partial charge on any atom is 0.306 e. The Balaban J connectivity index is 3.67. The molecule has 136 valence electrons. The van der Waals surface area contributed by atoms with Crippen molar-refractivity contribution >= 4 is 11.9 Å². The topological polar surface area (TPSA) is 53.9 Å². The van der Waals surface area contributed by atoms with Crippen molar-refractivity contribution in [1.82, 2.24) is 10.2 Å². The highest BCUT2D eigenvalue weighted by Gasteiger charge is 2.15. The van der Waals surface area contributed by atoms with Gasteiger partial charge in [0.25, 0.3) is 0 Å². The predicted octanol–water partition coefficient (Wildman–Crippen LogP) is 3.59. The molecule has 0 fully saturated rings. The van der Waals surface area contributed by atoms with Crippen LogP contribution < -0.4 is 5.32 Å². The van der Waals surface area contributed by atoms with Crippen LogP contribution in [0.5, 0.6) is 0 Å². The second-order valence-corrected chi connectivity index (χ2v) is 7.00. The molecule has 0 aromatic carbocycles. The van der Waals surface area contributed by atoms with Crippen molar-refractivity contribution in [2.24, 2.45) is 4.99 Å². The van der Waals surface area contributed by atoms with Gasteiger partial charge in [0.2, 0.25) is 0 Å². The van der Waals surface area contributed by atoms with Gasteiger partial charge in [-0.3, -0.25) is 9.79 Å². The molecule has 0 aliphatic rings. The molecule has 0 saturated carbocycles. The van der Waals surface area contributed by atoms with E-state index >= 15 is 0 Å². The maximum atomic E-state index is 11.6. The highest BCUT2D eigenvalue weighted by molar-refractivity contribution is 5.79. The predicted molar refractivity (Wildman–Crippen MR) is 97.8 cm³/mol. The summed E-state index contributed by atoms with van der Waals surface area (Å²) in [6.45, 7) is 9.87. The Bertz CT molecular complexity index is 349. The van der Waals surface area contributed by atoms with Crippen LogP contribution in [0.3, 0.4) is 0 Å². The largest absolute Gasteiger partial charge is 0.460 e. The summed E-state index contributed by atoms with van der Waals surface area (Å²) in [5.41, 5.74) is -0.374.